The molecule has 2 aliphatic rings. The van der Waals surface area contributed by atoms with Crippen LogP contribution in [0.1, 0.15) is 64.3 Å². The highest BCUT2D eigenvalue weighted by Gasteiger charge is 2.31. The number of thiophene rings is 1. The molecule has 1 unspecified atom stereocenters. The summed E-state index contributed by atoms with van der Waals surface area (Å²) in [6, 6.07) is 2.21. The lowest BCUT2D eigenvalue weighted by molar-refractivity contribution is 0.0928. The number of fused-ring (bicyclic) bond motifs is 1. The standard InChI is InChI=1S/C15H18N4OS/c16-12-13(8-4-5-8)18-19-14(12)15(20)17-10-2-1-3-11-9(10)6-7-21-11/h6-8,10H,1-5,16H2,(H,17,20)(H,18,19). The molecule has 2 heterocycles. The number of aryl methyl sites for hydroxylation is 1. The summed E-state index contributed by atoms with van der Waals surface area (Å²) in [5.74, 6) is 0.303. The zero-order valence-corrected chi connectivity index (χ0v) is 12.5. The molecule has 5 nitrogen and oxygen atoms in total. The zero-order chi connectivity index (χ0) is 14.4. The van der Waals surface area contributed by atoms with Crippen molar-refractivity contribution in [2.45, 2.75) is 44.1 Å². The first kappa shape index (κ1) is 12.9. The lowest BCUT2D eigenvalue weighted by Gasteiger charge is -2.23. The van der Waals surface area contributed by atoms with E-state index in [1.165, 1.54) is 10.4 Å². The molecule has 0 aromatic carbocycles. The Balaban J connectivity index is 1.54. The van der Waals surface area contributed by atoms with Gasteiger partial charge in [-0.3, -0.25) is 9.89 Å². The quantitative estimate of drug-likeness (QED) is 0.815. The van der Waals surface area contributed by atoms with Crippen molar-refractivity contribution < 1.29 is 4.79 Å². The van der Waals surface area contributed by atoms with Gasteiger partial charge in [0.15, 0.2) is 5.69 Å². The number of carbonyl (C=O) groups is 1. The molecule has 2 aliphatic carbocycles. The van der Waals surface area contributed by atoms with Crippen LogP contribution in [0.3, 0.4) is 0 Å². The molecule has 4 N–H and O–H groups in total. The third-order valence-electron chi connectivity index (χ3n) is 4.39. The Bertz CT molecular complexity index is 686. The Labute approximate surface area is 126 Å². The Morgan fingerprint density at radius 1 is 1.43 bits per heavy atom. The van der Waals surface area contributed by atoms with Crippen LogP contribution in [-0.2, 0) is 6.42 Å². The number of nitrogens with one attached hydrogen (secondary N) is 2. The van der Waals surface area contributed by atoms with Crippen molar-refractivity contribution >= 4 is 22.9 Å². The molecule has 1 fully saturated rings. The molecule has 4 rings (SSSR count). The van der Waals surface area contributed by atoms with E-state index >= 15 is 0 Å². The minimum Gasteiger partial charge on any atom is -0.395 e. The van der Waals surface area contributed by atoms with Crippen LogP contribution < -0.4 is 11.1 Å². The smallest absolute Gasteiger partial charge is 0.274 e. The predicted octanol–water partition coefficient (Wildman–Crippen LogP) is 2.74. The summed E-state index contributed by atoms with van der Waals surface area (Å²) in [4.78, 5) is 13.8. The first-order valence-electron chi connectivity index (χ1n) is 7.45. The van der Waals surface area contributed by atoms with E-state index in [0.717, 1.165) is 37.8 Å². The SMILES string of the molecule is Nc1c(C(=O)NC2CCCc3sccc32)n[nH]c1C1CC1. The predicted molar refractivity (Wildman–Crippen MR) is 82.4 cm³/mol. The lowest BCUT2D eigenvalue weighted by atomic mass is 9.94. The first-order valence-corrected chi connectivity index (χ1v) is 8.33. The van der Waals surface area contributed by atoms with E-state index in [0.29, 0.717) is 17.3 Å². The second-order valence-corrected chi connectivity index (χ2v) is 6.89. The number of hydrogen-bond donors (Lipinski definition) is 3. The van der Waals surface area contributed by atoms with E-state index in [4.69, 9.17) is 5.73 Å². The van der Waals surface area contributed by atoms with Crippen LogP contribution in [0.5, 0.6) is 0 Å². The molecule has 1 amide bonds. The molecule has 2 aromatic rings. The average Bonchev–Trinajstić information content (AvgIpc) is 3.06. The summed E-state index contributed by atoms with van der Waals surface area (Å²) in [7, 11) is 0. The number of rotatable bonds is 3. The second kappa shape index (κ2) is 4.87. The largest absolute Gasteiger partial charge is 0.395 e. The Kier molecular flexibility index (Phi) is 2.99. The van der Waals surface area contributed by atoms with Crippen LogP contribution in [0.2, 0.25) is 0 Å². The number of H-pyrrole nitrogens is 1. The van der Waals surface area contributed by atoms with Crippen molar-refractivity contribution in [2.24, 2.45) is 0 Å². The third-order valence-corrected chi connectivity index (χ3v) is 5.39. The summed E-state index contributed by atoms with van der Waals surface area (Å²) in [6.07, 6.45) is 5.48. The average molecular weight is 302 g/mol. The van der Waals surface area contributed by atoms with Gasteiger partial charge >= 0.3 is 0 Å². The van der Waals surface area contributed by atoms with Gasteiger partial charge in [0.1, 0.15) is 0 Å². The van der Waals surface area contributed by atoms with Gasteiger partial charge in [-0.15, -0.1) is 11.3 Å². The van der Waals surface area contributed by atoms with Crippen molar-refractivity contribution in [3.05, 3.63) is 33.3 Å². The van der Waals surface area contributed by atoms with Gasteiger partial charge in [0, 0.05) is 10.8 Å². The molecule has 0 spiro atoms. The van der Waals surface area contributed by atoms with Gasteiger partial charge in [-0.2, -0.15) is 5.10 Å². The van der Waals surface area contributed by atoms with E-state index in [-0.39, 0.29) is 11.9 Å². The number of aromatic amines is 1. The number of amides is 1. The van der Waals surface area contributed by atoms with E-state index in [1.54, 1.807) is 11.3 Å². The number of aromatic nitrogens is 2. The van der Waals surface area contributed by atoms with Gasteiger partial charge in [0.05, 0.1) is 17.4 Å². The highest BCUT2D eigenvalue weighted by molar-refractivity contribution is 7.10. The summed E-state index contributed by atoms with van der Waals surface area (Å²) in [6.45, 7) is 0. The van der Waals surface area contributed by atoms with Crippen molar-refractivity contribution in [1.82, 2.24) is 15.5 Å². The molecule has 1 atom stereocenters. The maximum Gasteiger partial charge on any atom is 0.274 e. The number of nitrogen functional groups attached to an aromatic ring is 1. The van der Waals surface area contributed by atoms with Crippen molar-refractivity contribution in [3.8, 4) is 0 Å². The number of anilines is 1. The van der Waals surface area contributed by atoms with E-state index in [9.17, 15) is 4.79 Å². The highest BCUT2D eigenvalue weighted by Crippen LogP contribution is 2.42. The summed E-state index contributed by atoms with van der Waals surface area (Å²) >= 11 is 1.77. The molecule has 0 radical (unpaired) electrons. The molecule has 0 aliphatic heterocycles. The number of nitrogens with zero attached hydrogens (tertiary/aromatic N) is 1. The van der Waals surface area contributed by atoms with E-state index < -0.39 is 0 Å². The van der Waals surface area contributed by atoms with E-state index in [1.807, 2.05) is 0 Å². The summed E-state index contributed by atoms with van der Waals surface area (Å²) in [5, 5.41) is 12.3. The molecule has 110 valence electrons. The van der Waals surface area contributed by atoms with Crippen LogP contribution in [0.4, 0.5) is 5.69 Å². The van der Waals surface area contributed by atoms with Crippen molar-refractivity contribution in [3.63, 3.8) is 0 Å². The fraction of sp³-hybridized carbons (Fsp3) is 0.467. The third kappa shape index (κ3) is 2.23. The van der Waals surface area contributed by atoms with Gasteiger partial charge in [0.25, 0.3) is 5.91 Å². The number of nitrogens with two attached hydrogens (primary N) is 1. The molecule has 0 saturated heterocycles. The minimum absolute atomic E-state index is 0.0907. The van der Waals surface area contributed by atoms with Gasteiger partial charge < -0.3 is 11.1 Å². The summed E-state index contributed by atoms with van der Waals surface area (Å²) in [5.41, 5.74) is 9.13. The zero-order valence-electron chi connectivity index (χ0n) is 11.7. The molecular weight excluding hydrogens is 284 g/mol. The Hall–Kier alpha value is -1.82. The topological polar surface area (TPSA) is 83.8 Å². The maximum absolute atomic E-state index is 12.5. The van der Waals surface area contributed by atoms with Crippen LogP contribution >= 0.6 is 11.3 Å². The first-order chi connectivity index (χ1) is 10.2. The monoisotopic (exact) mass is 302 g/mol. The molecule has 21 heavy (non-hydrogen) atoms. The normalized spacial score (nSPS) is 21.0. The van der Waals surface area contributed by atoms with Gasteiger partial charge in [-0.1, -0.05) is 0 Å². The number of carbonyl (C=O) groups excluding carboxylic acids is 1. The van der Waals surface area contributed by atoms with Gasteiger partial charge in [-0.05, 0) is 49.1 Å². The Morgan fingerprint density at radius 2 is 2.29 bits per heavy atom. The van der Waals surface area contributed by atoms with Gasteiger partial charge in [-0.25, -0.2) is 0 Å². The van der Waals surface area contributed by atoms with Crippen molar-refractivity contribution in [1.29, 1.82) is 0 Å². The maximum atomic E-state index is 12.5. The molecule has 6 heteroatoms. The van der Waals surface area contributed by atoms with Crippen LogP contribution in [-0.4, -0.2) is 16.1 Å². The van der Waals surface area contributed by atoms with Crippen LogP contribution in [0, 0.1) is 0 Å². The Morgan fingerprint density at radius 3 is 3.10 bits per heavy atom. The molecule has 0 bridgehead atoms. The van der Waals surface area contributed by atoms with Crippen LogP contribution in [0.15, 0.2) is 11.4 Å². The fourth-order valence-electron chi connectivity index (χ4n) is 3.08. The lowest BCUT2D eigenvalue weighted by Crippen LogP contribution is -2.31. The molecule has 2 aromatic heterocycles. The fourth-order valence-corrected chi connectivity index (χ4v) is 4.07. The van der Waals surface area contributed by atoms with E-state index in [2.05, 4.69) is 27.0 Å². The molecular formula is C15H18N4OS. The second-order valence-electron chi connectivity index (χ2n) is 5.89. The molecule has 1 saturated carbocycles. The summed E-state index contributed by atoms with van der Waals surface area (Å²) < 4.78 is 0. The van der Waals surface area contributed by atoms with Crippen molar-refractivity contribution in [2.75, 3.05) is 5.73 Å². The minimum atomic E-state index is -0.167. The number of hydrogen-bond acceptors (Lipinski definition) is 4. The highest BCUT2D eigenvalue weighted by atomic mass is 32.1. The van der Waals surface area contributed by atoms with Gasteiger partial charge in [0.2, 0.25) is 0 Å². The van der Waals surface area contributed by atoms with Crippen LogP contribution in [0.25, 0.3) is 0 Å².